The molecular weight excluding hydrogens is 244 g/mol. The number of amides is 1. The lowest BCUT2D eigenvalue weighted by Gasteiger charge is -2.07. The first-order valence-electron chi connectivity index (χ1n) is 5.92. The number of carbonyl (C=O) groups is 1. The normalized spacial score (nSPS) is 10.6. The Kier molecular flexibility index (Phi) is 4.10. The van der Waals surface area contributed by atoms with Crippen LogP contribution in [0.4, 0.5) is 5.69 Å². The number of hydrogen-bond donors (Lipinski definition) is 1. The number of benzene rings is 1. The predicted molar refractivity (Wildman–Crippen MR) is 75.0 cm³/mol. The summed E-state index contributed by atoms with van der Waals surface area (Å²) in [6, 6.07) is 7.97. The summed E-state index contributed by atoms with van der Waals surface area (Å²) in [4.78, 5) is 15.8. The summed E-state index contributed by atoms with van der Waals surface area (Å²) in [6.07, 6.45) is 0.329. The van der Waals surface area contributed by atoms with E-state index < -0.39 is 0 Å². The Labute approximate surface area is 111 Å². The van der Waals surface area contributed by atoms with Gasteiger partial charge in [-0.15, -0.1) is 11.3 Å². The van der Waals surface area contributed by atoms with Crippen LogP contribution in [0.15, 0.2) is 35.2 Å². The molecule has 0 aliphatic carbocycles. The van der Waals surface area contributed by atoms with E-state index >= 15 is 0 Å². The van der Waals surface area contributed by atoms with Crippen molar-refractivity contribution in [3.05, 3.63) is 46.4 Å². The third-order valence-corrected chi connectivity index (χ3v) is 3.32. The number of aromatic nitrogens is 1. The lowest BCUT2D eigenvalue weighted by atomic mass is 10.0. The maximum atomic E-state index is 11.8. The predicted octanol–water partition coefficient (Wildman–Crippen LogP) is 3.45. The van der Waals surface area contributed by atoms with Crippen LogP contribution in [0.2, 0.25) is 0 Å². The molecule has 0 aliphatic heterocycles. The van der Waals surface area contributed by atoms with Crippen LogP contribution in [0.5, 0.6) is 0 Å². The average molecular weight is 260 g/mol. The maximum absolute atomic E-state index is 11.8. The fourth-order valence-electron chi connectivity index (χ4n) is 1.65. The zero-order valence-corrected chi connectivity index (χ0v) is 11.3. The van der Waals surface area contributed by atoms with Crippen molar-refractivity contribution >= 4 is 22.9 Å². The second-order valence-electron chi connectivity index (χ2n) is 4.48. The Morgan fingerprint density at radius 2 is 2.06 bits per heavy atom. The SMILES string of the molecule is CC(C)c1ccc(NC(=O)Cc2cscn2)cc1. The number of thiazole rings is 1. The second kappa shape index (κ2) is 5.78. The molecule has 1 heterocycles. The van der Waals surface area contributed by atoms with E-state index in [0.29, 0.717) is 12.3 Å². The molecule has 0 fully saturated rings. The maximum Gasteiger partial charge on any atom is 0.230 e. The van der Waals surface area contributed by atoms with E-state index in [2.05, 4.69) is 24.1 Å². The van der Waals surface area contributed by atoms with E-state index in [1.807, 2.05) is 29.6 Å². The molecule has 1 N–H and O–H groups in total. The Hall–Kier alpha value is -1.68. The second-order valence-corrected chi connectivity index (χ2v) is 5.20. The molecule has 0 spiro atoms. The molecule has 1 amide bonds. The molecule has 0 aliphatic rings. The van der Waals surface area contributed by atoms with Gasteiger partial charge in [0.2, 0.25) is 5.91 Å². The van der Waals surface area contributed by atoms with Crippen LogP contribution in [0, 0.1) is 0 Å². The molecule has 4 heteroatoms. The minimum absolute atomic E-state index is 0.0294. The first-order chi connectivity index (χ1) is 8.65. The van der Waals surface area contributed by atoms with Crippen LogP contribution in [0.1, 0.15) is 31.0 Å². The average Bonchev–Trinajstić information content (AvgIpc) is 2.82. The van der Waals surface area contributed by atoms with Crippen LogP contribution in [0.3, 0.4) is 0 Å². The molecule has 0 bridgehead atoms. The van der Waals surface area contributed by atoms with Crippen molar-refractivity contribution in [3.63, 3.8) is 0 Å². The van der Waals surface area contributed by atoms with Crippen LogP contribution >= 0.6 is 11.3 Å². The Morgan fingerprint density at radius 1 is 1.33 bits per heavy atom. The molecule has 2 aromatic rings. The van der Waals surface area contributed by atoms with E-state index in [9.17, 15) is 4.79 Å². The minimum atomic E-state index is -0.0294. The lowest BCUT2D eigenvalue weighted by molar-refractivity contribution is -0.115. The summed E-state index contributed by atoms with van der Waals surface area (Å²) < 4.78 is 0. The van der Waals surface area contributed by atoms with E-state index in [-0.39, 0.29) is 5.91 Å². The molecule has 94 valence electrons. The quantitative estimate of drug-likeness (QED) is 0.915. The van der Waals surface area contributed by atoms with Gasteiger partial charge in [-0.2, -0.15) is 0 Å². The highest BCUT2D eigenvalue weighted by atomic mass is 32.1. The molecule has 1 aromatic heterocycles. The van der Waals surface area contributed by atoms with Crippen molar-refractivity contribution in [2.24, 2.45) is 0 Å². The van der Waals surface area contributed by atoms with Crippen molar-refractivity contribution in [2.75, 3.05) is 5.32 Å². The number of anilines is 1. The molecule has 1 aromatic carbocycles. The summed E-state index contributed by atoms with van der Waals surface area (Å²) in [5, 5.41) is 4.76. The van der Waals surface area contributed by atoms with Gasteiger partial charge in [0.15, 0.2) is 0 Å². The molecule has 2 rings (SSSR count). The molecule has 0 saturated carbocycles. The van der Waals surface area contributed by atoms with Crippen molar-refractivity contribution in [1.82, 2.24) is 4.98 Å². The Morgan fingerprint density at radius 3 is 2.61 bits per heavy atom. The summed E-state index contributed by atoms with van der Waals surface area (Å²) >= 11 is 1.50. The number of carbonyl (C=O) groups excluding carboxylic acids is 1. The van der Waals surface area contributed by atoms with Crippen LogP contribution in [0.25, 0.3) is 0 Å². The highest BCUT2D eigenvalue weighted by Crippen LogP contribution is 2.17. The first kappa shape index (κ1) is 12.8. The first-order valence-corrected chi connectivity index (χ1v) is 6.86. The molecule has 0 unspecified atom stereocenters. The van der Waals surface area contributed by atoms with Gasteiger partial charge in [0.1, 0.15) is 0 Å². The van der Waals surface area contributed by atoms with E-state index in [4.69, 9.17) is 0 Å². The van der Waals surface area contributed by atoms with Gasteiger partial charge in [0.05, 0.1) is 17.6 Å². The van der Waals surface area contributed by atoms with Crippen LogP contribution in [-0.4, -0.2) is 10.9 Å². The minimum Gasteiger partial charge on any atom is -0.326 e. The van der Waals surface area contributed by atoms with E-state index in [1.54, 1.807) is 5.51 Å². The standard InChI is InChI=1S/C14H16N2OS/c1-10(2)11-3-5-12(6-4-11)16-14(17)7-13-8-18-9-15-13/h3-6,8-10H,7H2,1-2H3,(H,16,17). The van der Waals surface area contributed by atoms with Gasteiger partial charge in [-0.05, 0) is 23.6 Å². The smallest absolute Gasteiger partial charge is 0.230 e. The fourth-order valence-corrected chi connectivity index (χ4v) is 2.20. The third kappa shape index (κ3) is 3.40. The van der Waals surface area contributed by atoms with Crippen molar-refractivity contribution < 1.29 is 4.79 Å². The van der Waals surface area contributed by atoms with Gasteiger partial charge in [-0.25, -0.2) is 4.98 Å². The Bertz CT molecular complexity index is 503. The third-order valence-electron chi connectivity index (χ3n) is 2.69. The van der Waals surface area contributed by atoms with Gasteiger partial charge >= 0.3 is 0 Å². The summed E-state index contributed by atoms with van der Waals surface area (Å²) in [7, 11) is 0. The number of rotatable bonds is 4. The molecule has 0 atom stereocenters. The highest BCUT2D eigenvalue weighted by Gasteiger charge is 2.06. The van der Waals surface area contributed by atoms with Crippen LogP contribution < -0.4 is 5.32 Å². The molecule has 18 heavy (non-hydrogen) atoms. The zero-order valence-electron chi connectivity index (χ0n) is 10.5. The van der Waals surface area contributed by atoms with E-state index in [0.717, 1.165) is 11.4 Å². The topological polar surface area (TPSA) is 42.0 Å². The van der Waals surface area contributed by atoms with Gasteiger partial charge in [0.25, 0.3) is 0 Å². The summed E-state index contributed by atoms with van der Waals surface area (Å²) in [6.45, 7) is 4.30. The number of nitrogens with zero attached hydrogens (tertiary/aromatic N) is 1. The fraction of sp³-hybridized carbons (Fsp3) is 0.286. The van der Waals surface area contributed by atoms with Gasteiger partial charge in [-0.3, -0.25) is 4.79 Å². The van der Waals surface area contributed by atoms with Gasteiger partial charge in [0, 0.05) is 11.1 Å². The highest BCUT2D eigenvalue weighted by molar-refractivity contribution is 7.07. The molecule has 3 nitrogen and oxygen atoms in total. The van der Waals surface area contributed by atoms with Crippen molar-refractivity contribution in [1.29, 1.82) is 0 Å². The van der Waals surface area contributed by atoms with Crippen molar-refractivity contribution in [3.8, 4) is 0 Å². The van der Waals surface area contributed by atoms with Gasteiger partial charge < -0.3 is 5.32 Å². The molecular formula is C14H16N2OS. The zero-order chi connectivity index (χ0) is 13.0. The monoisotopic (exact) mass is 260 g/mol. The van der Waals surface area contributed by atoms with E-state index in [1.165, 1.54) is 16.9 Å². The van der Waals surface area contributed by atoms with Crippen LogP contribution in [-0.2, 0) is 11.2 Å². The summed E-state index contributed by atoms with van der Waals surface area (Å²) in [5.74, 6) is 0.475. The number of hydrogen-bond acceptors (Lipinski definition) is 3. The Balaban J connectivity index is 1.95. The van der Waals surface area contributed by atoms with Crippen molar-refractivity contribution in [2.45, 2.75) is 26.2 Å². The number of nitrogens with one attached hydrogen (secondary N) is 1. The van der Waals surface area contributed by atoms with Gasteiger partial charge in [-0.1, -0.05) is 26.0 Å². The summed E-state index contributed by atoms with van der Waals surface area (Å²) in [5.41, 5.74) is 4.66. The molecule has 0 saturated heterocycles. The largest absolute Gasteiger partial charge is 0.326 e. The lowest BCUT2D eigenvalue weighted by Crippen LogP contribution is -2.14. The molecule has 0 radical (unpaired) electrons.